The molecule has 0 saturated heterocycles. The summed E-state index contributed by atoms with van der Waals surface area (Å²) in [5.41, 5.74) is 11.9. The number of carbonyl (C=O) groups excluding carboxylic acids is 1. The van der Waals surface area contributed by atoms with Crippen molar-refractivity contribution in [3.8, 4) is 34.1 Å². The summed E-state index contributed by atoms with van der Waals surface area (Å²) in [5.74, 6) is -0.491. The molecule has 0 radical (unpaired) electrons. The van der Waals surface area contributed by atoms with Crippen molar-refractivity contribution in [2.45, 2.75) is 13.8 Å². The van der Waals surface area contributed by atoms with Gasteiger partial charge in [0.15, 0.2) is 11.6 Å². The Labute approximate surface area is 218 Å². The number of amides is 1. The Hall–Kier alpha value is -5.05. The smallest absolute Gasteiger partial charge is 0.322 e. The molecule has 1 amide bonds. The molecule has 0 spiro atoms. The number of fused-ring (bicyclic) bond motifs is 1. The van der Waals surface area contributed by atoms with Crippen molar-refractivity contribution in [3.63, 3.8) is 0 Å². The van der Waals surface area contributed by atoms with Crippen LogP contribution in [-0.4, -0.2) is 25.4 Å². The largest absolute Gasteiger partial charge is 0.421 e. The fourth-order valence-corrected chi connectivity index (χ4v) is 4.29. The highest BCUT2D eigenvalue weighted by atomic mass is 19.1. The van der Waals surface area contributed by atoms with Gasteiger partial charge in [-0.2, -0.15) is 0 Å². The first kappa shape index (κ1) is 24.6. The molecule has 2 aromatic carbocycles. The van der Waals surface area contributed by atoms with Gasteiger partial charge in [0.25, 0.3) is 5.91 Å². The average Bonchev–Trinajstić information content (AvgIpc) is 3.19. The Morgan fingerprint density at radius 2 is 1.76 bits per heavy atom. The lowest BCUT2D eigenvalue weighted by atomic mass is 9.98. The standard InChI is InChI=1S/C29H25FN6O2/c1-16(2)28(37)35-20-8-5-18(6-9-20)26-24(25-22(36(26)4)12-14-32-27(25)31)19-7-10-23(21(30)15-19)38-29-33-13-11-17(3)34-29/h5-15H,1H2,2-4H3,(H2,31,32)(H,35,37). The maximum absolute atomic E-state index is 15.3. The lowest BCUT2D eigenvalue weighted by molar-refractivity contribution is -0.112. The summed E-state index contributed by atoms with van der Waals surface area (Å²) >= 11 is 0. The molecule has 0 aliphatic carbocycles. The molecule has 8 nitrogen and oxygen atoms in total. The third kappa shape index (κ3) is 4.57. The van der Waals surface area contributed by atoms with Crippen LogP contribution in [0.5, 0.6) is 11.8 Å². The van der Waals surface area contributed by atoms with Crippen LogP contribution in [0.25, 0.3) is 33.3 Å². The summed E-state index contributed by atoms with van der Waals surface area (Å²) in [7, 11) is 1.92. The van der Waals surface area contributed by atoms with Crippen LogP contribution in [0.1, 0.15) is 12.6 Å². The van der Waals surface area contributed by atoms with E-state index in [-0.39, 0.29) is 17.7 Å². The van der Waals surface area contributed by atoms with Crippen LogP contribution in [0.2, 0.25) is 0 Å². The number of carbonyl (C=O) groups is 1. The van der Waals surface area contributed by atoms with Gasteiger partial charge in [0.1, 0.15) is 5.82 Å². The first-order valence-corrected chi connectivity index (χ1v) is 11.8. The predicted octanol–water partition coefficient (Wildman–Crippen LogP) is 6.03. The fourth-order valence-electron chi connectivity index (χ4n) is 4.29. The highest BCUT2D eigenvalue weighted by Crippen LogP contribution is 2.43. The minimum atomic E-state index is -0.573. The van der Waals surface area contributed by atoms with Crippen LogP contribution in [0.3, 0.4) is 0 Å². The Bertz CT molecular complexity index is 1710. The maximum atomic E-state index is 15.3. The summed E-state index contributed by atoms with van der Waals surface area (Å²) in [4.78, 5) is 24.5. The Morgan fingerprint density at radius 3 is 2.45 bits per heavy atom. The average molecular weight is 509 g/mol. The Kier molecular flexibility index (Phi) is 6.34. The molecule has 5 aromatic rings. The Morgan fingerprint density at radius 1 is 1.05 bits per heavy atom. The third-order valence-corrected chi connectivity index (χ3v) is 6.14. The molecular formula is C29H25FN6O2. The van der Waals surface area contributed by atoms with Crippen molar-refractivity contribution >= 4 is 28.3 Å². The van der Waals surface area contributed by atoms with E-state index < -0.39 is 5.82 Å². The number of hydrogen-bond acceptors (Lipinski definition) is 6. The molecule has 0 aliphatic rings. The molecule has 0 fully saturated rings. The van der Waals surface area contributed by atoms with Gasteiger partial charge in [-0.15, -0.1) is 0 Å². The van der Waals surface area contributed by atoms with E-state index in [1.165, 1.54) is 6.07 Å². The van der Waals surface area contributed by atoms with E-state index >= 15 is 4.39 Å². The lowest BCUT2D eigenvalue weighted by Crippen LogP contribution is -2.11. The zero-order valence-corrected chi connectivity index (χ0v) is 21.1. The molecule has 190 valence electrons. The zero-order chi connectivity index (χ0) is 27.0. The van der Waals surface area contributed by atoms with E-state index in [1.54, 1.807) is 56.6 Å². The maximum Gasteiger partial charge on any atom is 0.322 e. The second kappa shape index (κ2) is 9.78. The summed E-state index contributed by atoms with van der Waals surface area (Å²) in [6.45, 7) is 7.11. The molecule has 3 N–H and O–H groups in total. The summed E-state index contributed by atoms with van der Waals surface area (Å²) in [6, 6.07) is 15.7. The van der Waals surface area contributed by atoms with Crippen LogP contribution >= 0.6 is 0 Å². The van der Waals surface area contributed by atoms with Gasteiger partial charge in [0.05, 0.1) is 16.6 Å². The van der Waals surface area contributed by atoms with Crippen molar-refractivity contribution in [1.29, 1.82) is 0 Å². The summed E-state index contributed by atoms with van der Waals surface area (Å²) in [6.07, 6.45) is 3.19. The van der Waals surface area contributed by atoms with Crippen molar-refractivity contribution in [2.75, 3.05) is 11.1 Å². The number of nitrogens with one attached hydrogen (secondary N) is 1. The number of nitrogens with two attached hydrogens (primary N) is 1. The van der Waals surface area contributed by atoms with Crippen molar-refractivity contribution in [2.24, 2.45) is 7.05 Å². The number of pyridine rings is 1. The molecule has 9 heteroatoms. The van der Waals surface area contributed by atoms with Gasteiger partial charge in [-0.3, -0.25) is 4.79 Å². The number of nitrogens with zero attached hydrogens (tertiary/aromatic N) is 4. The molecule has 0 saturated carbocycles. The number of benzene rings is 2. The van der Waals surface area contributed by atoms with Gasteiger partial charge in [-0.1, -0.05) is 24.8 Å². The molecule has 3 aromatic heterocycles. The summed E-state index contributed by atoms with van der Waals surface area (Å²) < 4.78 is 22.9. The second-order valence-corrected chi connectivity index (χ2v) is 8.91. The highest BCUT2D eigenvalue weighted by molar-refractivity contribution is 6.09. The number of aryl methyl sites for hydroxylation is 2. The van der Waals surface area contributed by atoms with E-state index in [0.717, 1.165) is 22.3 Å². The quantitative estimate of drug-likeness (QED) is 0.271. The van der Waals surface area contributed by atoms with Crippen molar-refractivity contribution in [3.05, 3.63) is 90.7 Å². The topological polar surface area (TPSA) is 108 Å². The number of anilines is 2. The first-order valence-electron chi connectivity index (χ1n) is 11.8. The van der Waals surface area contributed by atoms with Crippen LogP contribution in [0, 0.1) is 12.7 Å². The third-order valence-electron chi connectivity index (χ3n) is 6.14. The van der Waals surface area contributed by atoms with Crippen LogP contribution in [-0.2, 0) is 11.8 Å². The number of rotatable bonds is 6. The Balaban J connectivity index is 1.61. The molecule has 3 heterocycles. The number of halogens is 1. The lowest BCUT2D eigenvalue weighted by Gasteiger charge is -2.12. The van der Waals surface area contributed by atoms with E-state index in [4.69, 9.17) is 10.5 Å². The normalized spacial score (nSPS) is 10.9. The number of hydrogen-bond donors (Lipinski definition) is 2. The van der Waals surface area contributed by atoms with Gasteiger partial charge >= 0.3 is 6.01 Å². The van der Waals surface area contributed by atoms with Gasteiger partial charge in [-0.25, -0.2) is 19.3 Å². The molecule has 0 aliphatic heterocycles. The molecule has 38 heavy (non-hydrogen) atoms. The minimum absolute atomic E-state index is 0.00448. The summed E-state index contributed by atoms with van der Waals surface area (Å²) in [5, 5.41) is 3.51. The number of ether oxygens (including phenoxy) is 1. The molecule has 5 rings (SSSR count). The van der Waals surface area contributed by atoms with Crippen LogP contribution in [0.15, 0.2) is 79.1 Å². The first-order chi connectivity index (χ1) is 18.2. The van der Waals surface area contributed by atoms with Gasteiger partial charge in [0.2, 0.25) is 0 Å². The fraction of sp³-hybridized carbons (Fsp3) is 0.103. The molecular weight excluding hydrogens is 483 g/mol. The van der Waals surface area contributed by atoms with Crippen molar-refractivity contribution < 1.29 is 13.9 Å². The highest BCUT2D eigenvalue weighted by Gasteiger charge is 2.22. The van der Waals surface area contributed by atoms with Crippen molar-refractivity contribution in [1.82, 2.24) is 19.5 Å². The van der Waals surface area contributed by atoms with Crippen LogP contribution in [0.4, 0.5) is 15.9 Å². The van der Waals surface area contributed by atoms with E-state index in [1.807, 2.05) is 29.8 Å². The molecule has 0 unspecified atom stereocenters. The second-order valence-electron chi connectivity index (χ2n) is 8.91. The van der Waals surface area contributed by atoms with Crippen LogP contribution < -0.4 is 15.8 Å². The van der Waals surface area contributed by atoms with Gasteiger partial charge in [0, 0.05) is 42.0 Å². The minimum Gasteiger partial charge on any atom is -0.421 e. The number of aromatic nitrogens is 4. The van der Waals surface area contributed by atoms with Gasteiger partial charge in [-0.05, 0) is 61.4 Å². The molecule has 0 atom stereocenters. The SMILES string of the molecule is C=C(C)C(=O)Nc1ccc(-c2c(-c3ccc(Oc4nccc(C)n4)c(F)c3)c3c(N)nccc3n2C)cc1. The predicted molar refractivity (Wildman–Crippen MR) is 146 cm³/mol. The van der Waals surface area contributed by atoms with E-state index in [0.29, 0.717) is 33.7 Å². The van der Waals surface area contributed by atoms with Gasteiger partial charge < -0.3 is 20.4 Å². The van der Waals surface area contributed by atoms with E-state index in [2.05, 4.69) is 26.8 Å². The zero-order valence-electron chi connectivity index (χ0n) is 21.1. The monoisotopic (exact) mass is 508 g/mol. The number of nitrogen functional groups attached to an aromatic ring is 1. The van der Waals surface area contributed by atoms with E-state index in [9.17, 15) is 4.79 Å². The molecule has 0 bridgehead atoms.